The Hall–Kier alpha value is -3.94. The lowest BCUT2D eigenvalue weighted by Crippen LogP contribution is -2.12. The summed E-state index contributed by atoms with van der Waals surface area (Å²) in [5.74, 6) is -1.02. The Kier molecular flexibility index (Phi) is 6.97. The first-order valence-corrected chi connectivity index (χ1v) is 11.5. The van der Waals surface area contributed by atoms with Gasteiger partial charge in [0.1, 0.15) is 0 Å². The molecule has 0 aliphatic heterocycles. The molecule has 5 nitrogen and oxygen atoms in total. The molecule has 1 aromatic heterocycles. The fourth-order valence-electron chi connectivity index (χ4n) is 4.21. The van der Waals surface area contributed by atoms with Gasteiger partial charge in [0.25, 0.3) is 5.89 Å². The van der Waals surface area contributed by atoms with Crippen molar-refractivity contribution in [1.82, 2.24) is 10.1 Å². The first kappa shape index (κ1) is 25.2. The Balaban J connectivity index is 1.61. The van der Waals surface area contributed by atoms with Crippen molar-refractivity contribution in [3.05, 3.63) is 83.4 Å². The number of alkyl halides is 3. The molecule has 0 bridgehead atoms. The summed E-state index contributed by atoms with van der Waals surface area (Å²) in [5, 5.41) is 13.1. The summed E-state index contributed by atoms with van der Waals surface area (Å²) in [6.07, 6.45) is -4.07. The van der Waals surface area contributed by atoms with Crippen LogP contribution in [0.5, 0.6) is 0 Å². The van der Waals surface area contributed by atoms with Gasteiger partial charge < -0.3 is 9.63 Å². The molecule has 0 unspecified atom stereocenters. The summed E-state index contributed by atoms with van der Waals surface area (Å²) in [4.78, 5) is 15.4. The number of carboxylic acids is 1. The second kappa shape index (κ2) is 9.97. The van der Waals surface area contributed by atoms with Gasteiger partial charge >= 0.3 is 12.1 Å². The van der Waals surface area contributed by atoms with Crippen LogP contribution in [0.1, 0.15) is 42.9 Å². The van der Waals surface area contributed by atoms with Crippen molar-refractivity contribution in [3.8, 4) is 34.0 Å². The molecule has 0 aliphatic rings. The summed E-state index contributed by atoms with van der Waals surface area (Å²) in [6, 6.07) is 18.2. The predicted molar refractivity (Wildman–Crippen MR) is 130 cm³/mol. The van der Waals surface area contributed by atoms with Crippen LogP contribution in [0.4, 0.5) is 13.2 Å². The smallest absolute Gasteiger partial charge is 0.417 e. The second-order valence-corrected chi connectivity index (χ2v) is 8.99. The minimum atomic E-state index is -4.57. The van der Waals surface area contributed by atoms with Crippen LogP contribution in [0.2, 0.25) is 0 Å². The van der Waals surface area contributed by atoms with E-state index in [1.54, 1.807) is 56.3 Å². The highest BCUT2D eigenvalue weighted by Gasteiger charge is 2.34. The van der Waals surface area contributed by atoms with Gasteiger partial charge in [-0.3, -0.25) is 4.79 Å². The third kappa shape index (κ3) is 5.32. The van der Waals surface area contributed by atoms with E-state index in [0.29, 0.717) is 17.5 Å². The largest absolute Gasteiger partial charge is 0.481 e. The predicted octanol–water partition coefficient (Wildman–Crippen LogP) is 7.61. The Morgan fingerprint density at radius 2 is 1.64 bits per heavy atom. The maximum Gasteiger partial charge on any atom is 0.417 e. The van der Waals surface area contributed by atoms with Gasteiger partial charge in [-0.2, -0.15) is 18.2 Å². The number of aromatic nitrogens is 2. The first-order valence-electron chi connectivity index (χ1n) is 11.5. The minimum absolute atomic E-state index is 0.0143. The highest BCUT2D eigenvalue weighted by Crippen LogP contribution is 2.40. The highest BCUT2D eigenvalue weighted by atomic mass is 19.4. The van der Waals surface area contributed by atoms with Crippen LogP contribution in [0, 0.1) is 12.8 Å². The van der Waals surface area contributed by atoms with Gasteiger partial charge in [-0.05, 0) is 53.6 Å². The monoisotopic (exact) mass is 494 g/mol. The summed E-state index contributed by atoms with van der Waals surface area (Å²) in [7, 11) is 0. The van der Waals surface area contributed by atoms with Crippen LogP contribution < -0.4 is 0 Å². The van der Waals surface area contributed by atoms with Crippen LogP contribution in [0.15, 0.2) is 71.3 Å². The summed E-state index contributed by atoms with van der Waals surface area (Å²) in [5.41, 5.74) is 2.35. The Labute approximate surface area is 206 Å². The van der Waals surface area contributed by atoms with E-state index in [4.69, 9.17) is 9.63 Å². The fourth-order valence-corrected chi connectivity index (χ4v) is 4.21. The number of carboxylic acid groups (broad SMARTS) is 1. The number of benzene rings is 3. The van der Waals surface area contributed by atoms with Crippen LogP contribution in [0.3, 0.4) is 0 Å². The molecular formula is C28H25F3N2O3. The number of nitrogens with zero attached hydrogens (tertiary/aromatic N) is 2. The lowest BCUT2D eigenvalue weighted by Gasteiger charge is -2.15. The molecular weight excluding hydrogens is 469 g/mol. The van der Waals surface area contributed by atoms with Gasteiger partial charge in [-0.1, -0.05) is 73.6 Å². The zero-order valence-corrected chi connectivity index (χ0v) is 20.0. The van der Waals surface area contributed by atoms with Crippen LogP contribution in [0.25, 0.3) is 34.0 Å². The molecule has 0 aliphatic carbocycles. The Morgan fingerprint density at radius 3 is 2.28 bits per heavy atom. The van der Waals surface area contributed by atoms with Crippen molar-refractivity contribution < 1.29 is 27.6 Å². The normalized spacial score (nSPS) is 13.4. The Bertz CT molecular complexity index is 1380. The van der Waals surface area contributed by atoms with Crippen molar-refractivity contribution in [3.63, 3.8) is 0 Å². The lowest BCUT2D eigenvalue weighted by atomic mass is 9.91. The highest BCUT2D eigenvalue weighted by molar-refractivity contribution is 5.74. The van der Waals surface area contributed by atoms with Gasteiger partial charge in [-0.25, -0.2) is 0 Å². The molecule has 0 radical (unpaired) electrons. The lowest BCUT2D eigenvalue weighted by molar-refractivity contribution is -0.141. The maximum absolute atomic E-state index is 14.0. The van der Waals surface area contributed by atoms with E-state index in [9.17, 15) is 18.0 Å². The molecule has 1 N–H and O–H groups in total. The quantitative estimate of drug-likeness (QED) is 0.286. The number of hydrogen-bond acceptors (Lipinski definition) is 4. The van der Waals surface area contributed by atoms with E-state index in [2.05, 4.69) is 10.1 Å². The van der Waals surface area contributed by atoms with Crippen LogP contribution in [-0.2, 0) is 11.0 Å². The Morgan fingerprint density at radius 1 is 0.972 bits per heavy atom. The van der Waals surface area contributed by atoms with Crippen LogP contribution >= 0.6 is 0 Å². The molecule has 0 spiro atoms. The zero-order valence-electron chi connectivity index (χ0n) is 20.0. The van der Waals surface area contributed by atoms with E-state index < -0.39 is 23.6 Å². The first-order chi connectivity index (χ1) is 17.0. The molecule has 36 heavy (non-hydrogen) atoms. The third-order valence-corrected chi connectivity index (χ3v) is 6.30. The molecule has 2 atom stereocenters. The maximum atomic E-state index is 14.0. The van der Waals surface area contributed by atoms with Gasteiger partial charge in [0, 0.05) is 11.1 Å². The van der Waals surface area contributed by atoms with E-state index in [-0.39, 0.29) is 28.8 Å². The molecule has 0 saturated heterocycles. The molecule has 4 aromatic rings. The molecule has 0 amide bonds. The zero-order chi connectivity index (χ0) is 26.0. The number of carbonyl (C=O) groups is 1. The fraction of sp³-hybridized carbons (Fsp3) is 0.250. The van der Waals surface area contributed by atoms with Crippen LogP contribution in [-0.4, -0.2) is 21.2 Å². The average molecular weight is 495 g/mol. The minimum Gasteiger partial charge on any atom is -0.481 e. The topological polar surface area (TPSA) is 76.2 Å². The van der Waals surface area contributed by atoms with E-state index in [1.807, 2.05) is 19.1 Å². The number of hydrogen-bond donors (Lipinski definition) is 1. The van der Waals surface area contributed by atoms with Crippen molar-refractivity contribution in [2.24, 2.45) is 5.92 Å². The van der Waals surface area contributed by atoms with E-state index in [0.717, 1.165) is 17.2 Å². The van der Waals surface area contributed by atoms with Gasteiger partial charge in [0.2, 0.25) is 5.82 Å². The molecule has 186 valence electrons. The second-order valence-electron chi connectivity index (χ2n) is 8.99. The van der Waals surface area contributed by atoms with Crippen molar-refractivity contribution >= 4 is 5.97 Å². The summed E-state index contributed by atoms with van der Waals surface area (Å²) >= 11 is 0. The SMILES string of the molecule is Cc1ccccc1-c1ccc(-c2nc(-c3ccc([C@@H](C)C[C@H](C)C(=O)O)cc3)no2)cc1C(F)(F)F. The van der Waals surface area contributed by atoms with Gasteiger partial charge in [0.15, 0.2) is 0 Å². The molecule has 4 rings (SSSR count). The van der Waals surface area contributed by atoms with E-state index >= 15 is 0 Å². The standard InChI is InChI=1S/C28H25F3N2O3/c1-16-6-4-5-7-22(16)23-13-12-21(15-24(23)28(29,30)31)26-32-25(33-36-26)20-10-8-19(9-11-20)17(2)14-18(3)27(34)35/h4-13,15,17-18H,14H2,1-3H3,(H,34,35)/t17-,18-/m0/s1. The number of aryl methyl sites for hydroxylation is 1. The third-order valence-electron chi connectivity index (χ3n) is 6.30. The molecule has 0 saturated carbocycles. The number of rotatable bonds is 7. The molecule has 0 fully saturated rings. The summed E-state index contributed by atoms with van der Waals surface area (Å²) < 4.78 is 47.2. The average Bonchev–Trinajstić information content (AvgIpc) is 3.34. The van der Waals surface area contributed by atoms with Gasteiger partial charge in [0.05, 0.1) is 11.5 Å². The summed E-state index contributed by atoms with van der Waals surface area (Å²) in [6.45, 7) is 5.40. The molecule has 1 heterocycles. The van der Waals surface area contributed by atoms with Gasteiger partial charge in [-0.15, -0.1) is 0 Å². The van der Waals surface area contributed by atoms with E-state index in [1.165, 1.54) is 6.07 Å². The number of halogens is 3. The van der Waals surface area contributed by atoms with Crippen molar-refractivity contribution in [2.75, 3.05) is 0 Å². The van der Waals surface area contributed by atoms with Crippen molar-refractivity contribution in [1.29, 1.82) is 0 Å². The molecule has 3 aromatic carbocycles. The number of aliphatic carboxylic acids is 1. The molecule has 8 heteroatoms. The van der Waals surface area contributed by atoms with Crippen molar-refractivity contribution in [2.45, 2.75) is 39.3 Å².